The monoisotopic (exact) mass is 1560 g/mol. The highest BCUT2D eigenvalue weighted by Gasteiger charge is 2.31. The molecule has 0 aromatic rings. The molecule has 19 heteroatoms. The van der Waals surface area contributed by atoms with Crippen molar-refractivity contribution >= 4 is 39.5 Å². The molecule has 0 amide bonds. The van der Waals surface area contributed by atoms with E-state index in [1.165, 1.54) is 257 Å². The van der Waals surface area contributed by atoms with Crippen LogP contribution in [0.1, 0.15) is 460 Å². The number of carbonyl (C=O) groups excluding carboxylic acids is 4. The number of carbonyl (C=O) groups is 4. The molecule has 0 saturated carbocycles. The van der Waals surface area contributed by atoms with Crippen LogP contribution in [0.3, 0.4) is 0 Å². The topological polar surface area (TPSA) is 237 Å². The third kappa shape index (κ3) is 80.5. The summed E-state index contributed by atoms with van der Waals surface area (Å²) in [4.78, 5) is 73.2. The molecule has 3 N–H and O–H groups in total. The van der Waals surface area contributed by atoms with E-state index in [9.17, 15) is 43.2 Å². The summed E-state index contributed by atoms with van der Waals surface area (Å²) in [6, 6.07) is 0. The van der Waals surface area contributed by atoms with Crippen molar-refractivity contribution in [2.75, 3.05) is 39.6 Å². The number of hydrogen-bond acceptors (Lipinski definition) is 15. The third-order valence-electron chi connectivity index (χ3n) is 20.9. The van der Waals surface area contributed by atoms with Crippen LogP contribution in [0.15, 0.2) is 0 Å². The highest BCUT2D eigenvalue weighted by molar-refractivity contribution is 7.47. The molecule has 636 valence electrons. The Morgan fingerprint density at radius 1 is 0.262 bits per heavy atom. The first kappa shape index (κ1) is 105. The molecule has 107 heavy (non-hydrogen) atoms. The molecule has 0 radical (unpaired) electrons. The van der Waals surface area contributed by atoms with E-state index in [1.54, 1.807) is 0 Å². The predicted molar refractivity (Wildman–Crippen MR) is 441 cm³/mol. The first-order valence-electron chi connectivity index (χ1n) is 45.2. The summed E-state index contributed by atoms with van der Waals surface area (Å²) in [5, 5.41) is 10.7. The molecule has 0 aromatic carbocycles. The zero-order chi connectivity index (χ0) is 78.8. The minimum absolute atomic E-state index is 0.107. The van der Waals surface area contributed by atoms with Gasteiger partial charge in [-0.15, -0.1) is 0 Å². The quantitative estimate of drug-likeness (QED) is 0.0222. The molecule has 0 aliphatic heterocycles. The molecule has 0 rings (SSSR count). The SMILES string of the molecule is CCC(C)CCCCCCCCCCCCCCCCCCCCC(=O)O[C@H](COC(=O)CCCCCCCCC(C)C)COP(=O)(O)OC[C@H](O)COP(=O)(O)OC[C@@H](COC(=O)CCCCCCCCCCCCCCC(C)C)OC(=O)CCCCCCCCCCCCCCCCCCCCC(C)C. The minimum atomic E-state index is -4.97. The van der Waals surface area contributed by atoms with Crippen molar-refractivity contribution in [3.8, 4) is 0 Å². The Labute approximate surface area is 658 Å². The van der Waals surface area contributed by atoms with E-state index in [0.717, 1.165) is 114 Å². The van der Waals surface area contributed by atoms with Gasteiger partial charge in [-0.25, -0.2) is 9.13 Å². The second-order valence-electron chi connectivity index (χ2n) is 33.3. The van der Waals surface area contributed by atoms with Crippen LogP contribution < -0.4 is 0 Å². The fourth-order valence-electron chi connectivity index (χ4n) is 13.6. The maximum atomic E-state index is 13.1. The van der Waals surface area contributed by atoms with Crippen LogP contribution in [-0.4, -0.2) is 96.7 Å². The van der Waals surface area contributed by atoms with Crippen molar-refractivity contribution in [1.82, 2.24) is 0 Å². The summed E-state index contributed by atoms with van der Waals surface area (Å²) in [5.41, 5.74) is 0. The number of phosphoric acid groups is 2. The number of phosphoric ester groups is 2. The Hall–Kier alpha value is -1.94. The van der Waals surface area contributed by atoms with Gasteiger partial charge in [0, 0.05) is 25.7 Å². The van der Waals surface area contributed by atoms with Gasteiger partial charge in [0.05, 0.1) is 26.4 Å². The van der Waals surface area contributed by atoms with Gasteiger partial charge in [-0.1, -0.05) is 409 Å². The average Bonchev–Trinajstić information content (AvgIpc) is 0.899. The van der Waals surface area contributed by atoms with Crippen LogP contribution >= 0.6 is 15.6 Å². The number of ether oxygens (including phenoxy) is 4. The molecule has 0 bridgehead atoms. The van der Waals surface area contributed by atoms with Crippen LogP contribution in [0.25, 0.3) is 0 Å². The normalized spacial score (nSPS) is 14.1. The van der Waals surface area contributed by atoms with Gasteiger partial charge in [-0.05, 0) is 49.4 Å². The van der Waals surface area contributed by atoms with Gasteiger partial charge < -0.3 is 33.8 Å². The molecular formula is C88H172O17P2. The van der Waals surface area contributed by atoms with Crippen LogP contribution in [-0.2, 0) is 65.4 Å². The zero-order valence-electron chi connectivity index (χ0n) is 70.8. The maximum Gasteiger partial charge on any atom is 0.472 e. The summed E-state index contributed by atoms with van der Waals surface area (Å²) in [7, 11) is -9.93. The Morgan fingerprint density at radius 3 is 0.664 bits per heavy atom. The maximum absolute atomic E-state index is 13.1. The van der Waals surface area contributed by atoms with Gasteiger partial charge in [-0.3, -0.25) is 37.3 Å². The van der Waals surface area contributed by atoms with E-state index in [-0.39, 0.29) is 25.7 Å². The number of rotatable bonds is 85. The average molecular weight is 1560 g/mol. The first-order chi connectivity index (χ1) is 51.6. The number of hydrogen-bond donors (Lipinski definition) is 3. The van der Waals surface area contributed by atoms with Gasteiger partial charge >= 0.3 is 39.5 Å². The van der Waals surface area contributed by atoms with Gasteiger partial charge in [-0.2, -0.15) is 0 Å². The predicted octanol–water partition coefficient (Wildman–Crippen LogP) is 26.7. The van der Waals surface area contributed by atoms with Crippen LogP contribution in [0.5, 0.6) is 0 Å². The van der Waals surface area contributed by atoms with Crippen molar-refractivity contribution in [3.63, 3.8) is 0 Å². The Kier molecular flexibility index (Phi) is 75.3. The summed E-state index contributed by atoms with van der Waals surface area (Å²) in [5.74, 6) is 1.04. The van der Waals surface area contributed by atoms with Crippen molar-refractivity contribution in [2.24, 2.45) is 23.7 Å². The van der Waals surface area contributed by atoms with Gasteiger partial charge in [0.25, 0.3) is 0 Å². The molecule has 6 atom stereocenters. The van der Waals surface area contributed by atoms with E-state index in [0.29, 0.717) is 31.6 Å². The lowest BCUT2D eigenvalue weighted by Crippen LogP contribution is -2.30. The van der Waals surface area contributed by atoms with E-state index >= 15 is 0 Å². The van der Waals surface area contributed by atoms with Gasteiger partial charge in [0.2, 0.25) is 0 Å². The molecule has 0 heterocycles. The molecule has 17 nitrogen and oxygen atoms in total. The Balaban J connectivity index is 5.17. The second-order valence-corrected chi connectivity index (χ2v) is 36.2. The van der Waals surface area contributed by atoms with E-state index in [1.807, 2.05) is 0 Å². The molecule has 0 saturated heterocycles. The van der Waals surface area contributed by atoms with Crippen molar-refractivity contribution in [1.29, 1.82) is 0 Å². The fourth-order valence-corrected chi connectivity index (χ4v) is 15.2. The fraction of sp³-hybridized carbons (Fsp3) is 0.955. The highest BCUT2D eigenvalue weighted by atomic mass is 31.2. The summed E-state index contributed by atoms with van der Waals surface area (Å²) in [6.45, 7) is 14.3. The number of unbranched alkanes of at least 4 members (excludes halogenated alkanes) is 50. The third-order valence-corrected chi connectivity index (χ3v) is 22.8. The van der Waals surface area contributed by atoms with Crippen LogP contribution in [0.2, 0.25) is 0 Å². The van der Waals surface area contributed by atoms with E-state index in [2.05, 4.69) is 55.4 Å². The number of esters is 4. The molecular weight excluding hydrogens is 1390 g/mol. The lowest BCUT2D eigenvalue weighted by molar-refractivity contribution is -0.161. The summed E-state index contributed by atoms with van der Waals surface area (Å²) < 4.78 is 68.9. The lowest BCUT2D eigenvalue weighted by Gasteiger charge is -2.21. The molecule has 3 unspecified atom stereocenters. The molecule has 0 aliphatic rings. The number of aliphatic hydroxyl groups excluding tert-OH is 1. The van der Waals surface area contributed by atoms with Gasteiger partial charge in [0.1, 0.15) is 19.3 Å². The summed E-state index contributed by atoms with van der Waals surface area (Å²) >= 11 is 0. The lowest BCUT2D eigenvalue weighted by atomic mass is 9.99. The largest absolute Gasteiger partial charge is 0.472 e. The van der Waals surface area contributed by atoms with Crippen molar-refractivity contribution in [2.45, 2.75) is 478 Å². The standard InChI is InChI=1S/C88H172O17P2/c1-9-81(8)67-59-51-42-36-30-23-19-15-11-13-17-21-25-33-39-45-55-63-71-88(93)105-84(75-99-86(91)69-61-53-47-46-50-58-66-80(6)7)77-103-107(96,97)101-73-82(89)72-100-106(94,95)102-76-83(74-98-85(90)68-60-52-43-37-31-27-26-29-35-41-49-57-65-79(4)5)104-87(92)70-62-54-44-38-32-24-20-16-12-10-14-18-22-28-34-40-48-56-64-78(2)3/h78-84,89H,9-77H2,1-8H3,(H,94,95)(H,96,97)/t81?,82-,83-,84-/m1/s1. The van der Waals surface area contributed by atoms with Crippen molar-refractivity contribution in [3.05, 3.63) is 0 Å². The van der Waals surface area contributed by atoms with Crippen LogP contribution in [0.4, 0.5) is 0 Å². The van der Waals surface area contributed by atoms with Gasteiger partial charge in [0.15, 0.2) is 12.2 Å². The molecule has 0 fully saturated rings. The second kappa shape index (κ2) is 76.7. The minimum Gasteiger partial charge on any atom is -0.462 e. The molecule has 0 aromatic heterocycles. The Bertz CT molecular complexity index is 2080. The molecule has 0 aliphatic carbocycles. The van der Waals surface area contributed by atoms with E-state index in [4.69, 9.17) is 37.0 Å². The van der Waals surface area contributed by atoms with Crippen molar-refractivity contribution < 1.29 is 80.2 Å². The zero-order valence-corrected chi connectivity index (χ0v) is 72.6. The first-order valence-corrected chi connectivity index (χ1v) is 48.2. The summed E-state index contributed by atoms with van der Waals surface area (Å²) in [6.07, 6.45) is 66.9. The Morgan fingerprint density at radius 2 is 0.449 bits per heavy atom. The smallest absolute Gasteiger partial charge is 0.462 e. The number of aliphatic hydroxyl groups is 1. The highest BCUT2D eigenvalue weighted by Crippen LogP contribution is 2.45. The molecule has 0 spiro atoms. The van der Waals surface area contributed by atoms with Crippen LogP contribution in [0, 0.1) is 23.7 Å². The van der Waals surface area contributed by atoms with E-state index < -0.39 is 97.5 Å².